The van der Waals surface area contributed by atoms with Gasteiger partial charge < -0.3 is 15.3 Å². The van der Waals surface area contributed by atoms with Crippen molar-refractivity contribution < 1.29 is 29.7 Å². The molecular weight excluding hydrogens is 282 g/mol. The fraction of sp³-hybridized carbons (Fsp3) is 0.750. The van der Waals surface area contributed by atoms with Crippen LogP contribution in [0, 0.1) is 0 Å². The van der Waals surface area contributed by atoms with Crippen LogP contribution in [0.25, 0.3) is 0 Å². The average Bonchev–Trinajstić information content (AvgIpc) is 2.45. The van der Waals surface area contributed by atoms with Crippen molar-refractivity contribution in [1.82, 2.24) is 15.1 Å². The summed E-state index contributed by atoms with van der Waals surface area (Å²) in [5.41, 5.74) is -0.695. The Bertz CT molecular complexity index is 388. The van der Waals surface area contributed by atoms with Gasteiger partial charge in [0.1, 0.15) is 0 Å². The molecule has 0 saturated carbocycles. The molecule has 0 atom stereocenters. The maximum atomic E-state index is 10.9. The summed E-state index contributed by atoms with van der Waals surface area (Å²) in [5.74, 6) is -2.96. The number of carboxylic acids is 3. The van der Waals surface area contributed by atoms with Gasteiger partial charge in [-0.1, -0.05) is 0 Å². The molecular formula is C12H21N3O6. The molecule has 9 heteroatoms. The van der Waals surface area contributed by atoms with Gasteiger partial charge in [0.15, 0.2) is 0 Å². The number of aliphatic carboxylic acids is 3. The Hall–Kier alpha value is -1.71. The summed E-state index contributed by atoms with van der Waals surface area (Å²) in [6, 6.07) is 0. The van der Waals surface area contributed by atoms with Crippen LogP contribution in [0.1, 0.15) is 6.92 Å². The first-order valence-electron chi connectivity index (χ1n) is 6.55. The van der Waals surface area contributed by atoms with E-state index in [1.54, 1.807) is 16.7 Å². The number of hydrogen-bond donors (Lipinski definition) is 4. The van der Waals surface area contributed by atoms with Crippen molar-refractivity contribution in [3.63, 3.8) is 0 Å². The normalized spacial score (nSPS) is 19.9. The molecule has 120 valence electrons. The van der Waals surface area contributed by atoms with Crippen LogP contribution in [0.5, 0.6) is 0 Å². The number of nitrogens with one attached hydrogen (secondary N) is 1. The minimum absolute atomic E-state index is 0.161. The Labute approximate surface area is 122 Å². The second kappa shape index (κ2) is 7.34. The Morgan fingerprint density at radius 2 is 1.38 bits per heavy atom. The zero-order valence-corrected chi connectivity index (χ0v) is 11.9. The molecule has 1 heterocycles. The number of hydrogen-bond acceptors (Lipinski definition) is 6. The summed E-state index contributed by atoms with van der Waals surface area (Å²) in [6.45, 7) is 2.69. The summed E-state index contributed by atoms with van der Waals surface area (Å²) < 4.78 is 0. The predicted molar refractivity (Wildman–Crippen MR) is 72.2 cm³/mol. The van der Waals surface area contributed by atoms with E-state index < -0.39 is 23.4 Å². The van der Waals surface area contributed by atoms with Crippen LogP contribution in [-0.2, 0) is 14.4 Å². The van der Waals surface area contributed by atoms with Crippen molar-refractivity contribution in [1.29, 1.82) is 0 Å². The van der Waals surface area contributed by atoms with Crippen molar-refractivity contribution in [2.75, 3.05) is 45.8 Å². The number of rotatable bonds is 7. The van der Waals surface area contributed by atoms with E-state index in [0.717, 1.165) is 0 Å². The molecule has 1 rings (SSSR count). The molecule has 0 radical (unpaired) electrons. The van der Waals surface area contributed by atoms with Gasteiger partial charge in [0, 0.05) is 31.7 Å². The Kier molecular flexibility index (Phi) is 6.06. The third-order valence-corrected chi connectivity index (χ3v) is 3.26. The van der Waals surface area contributed by atoms with Crippen LogP contribution in [0.15, 0.2) is 0 Å². The van der Waals surface area contributed by atoms with E-state index in [9.17, 15) is 14.4 Å². The smallest absolute Gasteiger partial charge is 0.317 e. The van der Waals surface area contributed by atoms with Crippen molar-refractivity contribution in [2.45, 2.75) is 12.5 Å². The monoisotopic (exact) mass is 303 g/mol. The van der Waals surface area contributed by atoms with Gasteiger partial charge >= 0.3 is 17.9 Å². The third-order valence-electron chi connectivity index (χ3n) is 3.26. The van der Waals surface area contributed by atoms with Crippen molar-refractivity contribution in [3.8, 4) is 0 Å². The van der Waals surface area contributed by atoms with Gasteiger partial charge in [0.05, 0.1) is 19.6 Å². The van der Waals surface area contributed by atoms with E-state index in [4.69, 9.17) is 15.3 Å². The average molecular weight is 303 g/mol. The number of carboxylic acid groups (broad SMARTS) is 3. The lowest BCUT2D eigenvalue weighted by molar-refractivity contribution is -0.139. The summed E-state index contributed by atoms with van der Waals surface area (Å²) in [5, 5.41) is 29.4. The van der Waals surface area contributed by atoms with E-state index in [-0.39, 0.29) is 19.6 Å². The highest BCUT2D eigenvalue weighted by molar-refractivity contribution is 5.70. The molecule has 1 fully saturated rings. The molecule has 0 aromatic heterocycles. The maximum absolute atomic E-state index is 10.9. The molecule has 1 aliphatic rings. The Morgan fingerprint density at radius 1 is 0.952 bits per heavy atom. The van der Waals surface area contributed by atoms with Crippen LogP contribution in [0.4, 0.5) is 0 Å². The molecule has 0 bridgehead atoms. The lowest BCUT2D eigenvalue weighted by Gasteiger charge is -2.34. The highest BCUT2D eigenvalue weighted by Gasteiger charge is 2.34. The highest BCUT2D eigenvalue weighted by atomic mass is 16.4. The molecule has 0 aliphatic carbocycles. The molecule has 0 spiro atoms. The quantitative estimate of drug-likeness (QED) is 0.430. The first-order chi connectivity index (χ1) is 9.70. The number of carbonyl (C=O) groups is 3. The van der Waals surface area contributed by atoms with Crippen molar-refractivity contribution in [2.24, 2.45) is 0 Å². The fourth-order valence-corrected chi connectivity index (χ4v) is 2.53. The van der Waals surface area contributed by atoms with Crippen molar-refractivity contribution in [3.05, 3.63) is 0 Å². The molecule has 0 aromatic rings. The van der Waals surface area contributed by atoms with E-state index >= 15 is 0 Å². The minimum Gasteiger partial charge on any atom is -0.480 e. The van der Waals surface area contributed by atoms with Gasteiger partial charge in [-0.3, -0.25) is 29.5 Å². The molecule has 9 nitrogen and oxygen atoms in total. The lowest BCUT2D eigenvalue weighted by atomic mass is 10.0. The van der Waals surface area contributed by atoms with Gasteiger partial charge in [-0.25, -0.2) is 0 Å². The van der Waals surface area contributed by atoms with Crippen LogP contribution in [-0.4, -0.2) is 94.4 Å². The fourth-order valence-electron chi connectivity index (χ4n) is 2.53. The van der Waals surface area contributed by atoms with Gasteiger partial charge in [-0.15, -0.1) is 0 Å². The summed E-state index contributed by atoms with van der Waals surface area (Å²) >= 11 is 0. The highest BCUT2D eigenvalue weighted by Crippen LogP contribution is 2.14. The molecule has 0 aromatic carbocycles. The SMILES string of the molecule is CC1(NCC(=O)O)CN(CC(=O)O)CCN(CC(=O)O)C1. The Morgan fingerprint density at radius 3 is 1.71 bits per heavy atom. The van der Waals surface area contributed by atoms with Crippen LogP contribution < -0.4 is 5.32 Å². The number of nitrogens with zero attached hydrogens (tertiary/aromatic N) is 2. The van der Waals surface area contributed by atoms with Gasteiger partial charge in [-0.2, -0.15) is 0 Å². The lowest BCUT2D eigenvalue weighted by Crippen LogP contribution is -2.57. The standard InChI is InChI=1S/C12H21N3O6/c1-12(13-4-9(16)17)7-14(5-10(18)19)2-3-15(8-12)6-11(20)21/h13H,2-8H2,1H3,(H,16,17)(H,18,19)(H,20,21). The summed E-state index contributed by atoms with van der Waals surface area (Å²) in [6.07, 6.45) is 0. The zero-order chi connectivity index (χ0) is 16.0. The second-order valence-corrected chi connectivity index (χ2v) is 5.52. The molecule has 0 unspecified atom stereocenters. The van der Waals surface area contributed by atoms with Gasteiger partial charge in [-0.05, 0) is 6.92 Å². The van der Waals surface area contributed by atoms with Crippen LogP contribution >= 0.6 is 0 Å². The molecule has 1 saturated heterocycles. The first-order valence-corrected chi connectivity index (χ1v) is 6.55. The van der Waals surface area contributed by atoms with Crippen molar-refractivity contribution >= 4 is 17.9 Å². The zero-order valence-electron chi connectivity index (χ0n) is 11.9. The largest absolute Gasteiger partial charge is 0.480 e. The molecule has 0 amide bonds. The maximum Gasteiger partial charge on any atom is 0.317 e. The molecule has 1 aliphatic heterocycles. The van der Waals surface area contributed by atoms with E-state index in [0.29, 0.717) is 26.2 Å². The topological polar surface area (TPSA) is 130 Å². The van der Waals surface area contributed by atoms with E-state index in [1.807, 2.05) is 0 Å². The van der Waals surface area contributed by atoms with Crippen LogP contribution in [0.2, 0.25) is 0 Å². The predicted octanol–water partition coefficient (Wildman–Crippen LogP) is -1.79. The Balaban J connectivity index is 2.80. The molecule has 4 N–H and O–H groups in total. The van der Waals surface area contributed by atoms with Gasteiger partial charge in [0.2, 0.25) is 0 Å². The summed E-state index contributed by atoms with van der Waals surface area (Å²) in [7, 11) is 0. The van der Waals surface area contributed by atoms with E-state index in [1.165, 1.54) is 0 Å². The molecule has 21 heavy (non-hydrogen) atoms. The first kappa shape index (κ1) is 17.3. The second-order valence-electron chi connectivity index (χ2n) is 5.52. The van der Waals surface area contributed by atoms with E-state index in [2.05, 4.69) is 5.32 Å². The minimum atomic E-state index is -1.02. The summed E-state index contributed by atoms with van der Waals surface area (Å²) in [4.78, 5) is 35.8. The third kappa shape index (κ3) is 6.52. The van der Waals surface area contributed by atoms with Crippen LogP contribution in [0.3, 0.4) is 0 Å². The van der Waals surface area contributed by atoms with Gasteiger partial charge in [0.25, 0.3) is 0 Å².